The van der Waals surface area contributed by atoms with Crippen LogP contribution < -0.4 is 10.1 Å². The molecule has 26 heavy (non-hydrogen) atoms. The molecule has 2 rings (SSSR count). The fraction of sp³-hybridized carbons (Fsp3) is 0.235. The average molecular weight is 368 g/mol. The highest BCUT2D eigenvalue weighted by atomic mass is 19.4. The Morgan fingerprint density at radius 3 is 2.23 bits per heavy atom. The number of nitrogens with zero attached hydrogens (tertiary/aromatic N) is 1. The highest BCUT2D eigenvalue weighted by molar-refractivity contribution is 5.79. The number of rotatable bonds is 6. The minimum Gasteiger partial charge on any atom is -0.406 e. The monoisotopic (exact) mass is 368 g/mol. The first-order valence-electron chi connectivity index (χ1n) is 7.52. The van der Waals surface area contributed by atoms with Crippen LogP contribution in [-0.2, 0) is 11.2 Å². The molecule has 1 N–H and O–H groups in total. The third-order valence-electron chi connectivity index (χ3n) is 3.50. The average Bonchev–Trinajstić information content (AvgIpc) is 2.54. The Hall–Kier alpha value is -3.10. The number of hydrogen-bond donors (Lipinski definition) is 1. The van der Waals surface area contributed by atoms with Crippen molar-refractivity contribution < 1.29 is 27.6 Å². The van der Waals surface area contributed by atoms with E-state index in [1.807, 2.05) is 0 Å². The number of nitrogens with one attached hydrogen (secondary N) is 1. The molecule has 2 aromatic rings. The van der Waals surface area contributed by atoms with E-state index in [1.54, 1.807) is 6.92 Å². The second-order valence-corrected chi connectivity index (χ2v) is 5.51. The zero-order chi connectivity index (χ0) is 19.3. The molecule has 0 aromatic heterocycles. The molecule has 1 atom stereocenters. The van der Waals surface area contributed by atoms with Crippen molar-refractivity contribution in [2.45, 2.75) is 25.7 Å². The highest BCUT2D eigenvalue weighted by Crippen LogP contribution is 2.24. The van der Waals surface area contributed by atoms with Gasteiger partial charge in [-0.2, -0.15) is 0 Å². The van der Waals surface area contributed by atoms with E-state index < -0.39 is 17.3 Å². The molecule has 0 unspecified atom stereocenters. The fourth-order valence-electron chi connectivity index (χ4n) is 2.25. The smallest absolute Gasteiger partial charge is 0.406 e. The summed E-state index contributed by atoms with van der Waals surface area (Å²) < 4.78 is 40.2. The Balaban J connectivity index is 1.92. The first kappa shape index (κ1) is 19.2. The molecular weight excluding hydrogens is 353 g/mol. The Bertz CT molecular complexity index is 774. The fourth-order valence-corrected chi connectivity index (χ4v) is 2.25. The SMILES string of the molecule is C[C@H](NC(=O)Cc1ccc([N+](=O)[O-])cc1)c1ccc(OC(F)(F)F)cc1. The third-order valence-corrected chi connectivity index (χ3v) is 3.50. The van der Waals surface area contributed by atoms with E-state index >= 15 is 0 Å². The molecule has 9 heteroatoms. The molecule has 6 nitrogen and oxygen atoms in total. The molecule has 0 aliphatic carbocycles. The Kier molecular flexibility index (Phi) is 5.81. The summed E-state index contributed by atoms with van der Waals surface area (Å²) in [6, 6.07) is 10.4. The van der Waals surface area contributed by atoms with Gasteiger partial charge in [0, 0.05) is 12.1 Å². The predicted octanol–water partition coefficient (Wildman–Crippen LogP) is 3.91. The molecule has 0 bridgehead atoms. The topological polar surface area (TPSA) is 81.5 Å². The number of carbonyl (C=O) groups excluding carboxylic acids is 1. The first-order chi connectivity index (χ1) is 12.1. The molecule has 0 fully saturated rings. The van der Waals surface area contributed by atoms with E-state index in [1.165, 1.54) is 48.5 Å². The summed E-state index contributed by atoms with van der Waals surface area (Å²) in [4.78, 5) is 22.1. The quantitative estimate of drug-likeness (QED) is 0.619. The van der Waals surface area contributed by atoms with Crippen LogP contribution in [0.2, 0.25) is 0 Å². The van der Waals surface area contributed by atoms with Gasteiger partial charge < -0.3 is 10.1 Å². The molecule has 0 aliphatic heterocycles. The molecule has 0 saturated heterocycles. The van der Waals surface area contributed by atoms with Crippen molar-refractivity contribution in [3.05, 3.63) is 69.8 Å². The van der Waals surface area contributed by atoms with Crippen LogP contribution in [0.5, 0.6) is 5.75 Å². The first-order valence-corrected chi connectivity index (χ1v) is 7.52. The van der Waals surface area contributed by atoms with E-state index in [4.69, 9.17) is 0 Å². The van der Waals surface area contributed by atoms with Gasteiger partial charge in [0.25, 0.3) is 5.69 Å². The van der Waals surface area contributed by atoms with Gasteiger partial charge in [-0.15, -0.1) is 13.2 Å². The van der Waals surface area contributed by atoms with E-state index in [0.717, 1.165) is 0 Å². The molecule has 0 spiro atoms. The number of non-ortho nitro benzene ring substituents is 1. The number of ether oxygens (including phenoxy) is 1. The standard InChI is InChI=1S/C17H15F3N2O4/c1-11(13-4-8-15(9-5-13)26-17(18,19)20)21-16(23)10-12-2-6-14(7-3-12)22(24)25/h2-9,11H,10H2,1H3,(H,21,23)/t11-/m0/s1. The lowest BCUT2D eigenvalue weighted by atomic mass is 10.1. The van der Waals surface area contributed by atoms with Gasteiger partial charge in [0.1, 0.15) is 5.75 Å². The van der Waals surface area contributed by atoms with Crippen molar-refractivity contribution >= 4 is 11.6 Å². The van der Waals surface area contributed by atoms with E-state index in [9.17, 15) is 28.1 Å². The van der Waals surface area contributed by atoms with Crippen LogP contribution in [0.4, 0.5) is 18.9 Å². The summed E-state index contributed by atoms with van der Waals surface area (Å²) in [5.74, 6) is -0.660. The van der Waals surface area contributed by atoms with Gasteiger partial charge in [-0.25, -0.2) is 0 Å². The van der Waals surface area contributed by atoms with Crippen LogP contribution in [0.3, 0.4) is 0 Å². The largest absolute Gasteiger partial charge is 0.573 e. The minimum atomic E-state index is -4.76. The van der Waals surface area contributed by atoms with Gasteiger partial charge in [0.05, 0.1) is 17.4 Å². The second kappa shape index (κ2) is 7.85. The van der Waals surface area contributed by atoms with Crippen molar-refractivity contribution in [1.82, 2.24) is 5.32 Å². The number of nitro benzene ring substituents is 1. The van der Waals surface area contributed by atoms with Crippen LogP contribution >= 0.6 is 0 Å². The van der Waals surface area contributed by atoms with Crippen molar-refractivity contribution in [2.75, 3.05) is 0 Å². The van der Waals surface area contributed by atoms with E-state index in [2.05, 4.69) is 10.1 Å². The number of alkyl halides is 3. The van der Waals surface area contributed by atoms with Crippen molar-refractivity contribution in [3.63, 3.8) is 0 Å². The third kappa shape index (κ3) is 5.76. The zero-order valence-electron chi connectivity index (χ0n) is 13.6. The Morgan fingerprint density at radius 1 is 1.15 bits per heavy atom. The van der Waals surface area contributed by atoms with Crippen LogP contribution in [0.1, 0.15) is 24.1 Å². The normalized spacial score (nSPS) is 12.3. The van der Waals surface area contributed by atoms with Gasteiger partial charge in [-0.1, -0.05) is 24.3 Å². The molecular formula is C17H15F3N2O4. The Morgan fingerprint density at radius 2 is 1.73 bits per heavy atom. The summed E-state index contributed by atoms with van der Waals surface area (Å²) in [5, 5.41) is 13.3. The summed E-state index contributed by atoms with van der Waals surface area (Å²) in [6.45, 7) is 1.69. The molecule has 0 saturated carbocycles. The summed E-state index contributed by atoms with van der Waals surface area (Å²) in [5.41, 5.74) is 1.15. The molecule has 1 amide bonds. The van der Waals surface area contributed by atoms with Gasteiger partial charge in [-0.05, 0) is 30.2 Å². The van der Waals surface area contributed by atoms with Crippen LogP contribution in [0.25, 0.3) is 0 Å². The van der Waals surface area contributed by atoms with Crippen molar-refractivity contribution in [3.8, 4) is 5.75 Å². The van der Waals surface area contributed by atoms with Crippen LogP contribution in [-0.4, -0.2) is 17.2 Å². The van der Waals surface area contributed by atoms with Gasteiger partial charge >= 0.3 is 6.36 Å². The predicted molar refractivity (Wildman–Crippen MR) is 86.5 cm³/mol. The lowest BCUT2D eigenvalue weighted by molar-refractivity contribution is -0.384. The maximum atomic E-state index is 12.1. The number of benzene rings is 2. The molecule has 0 radical (unpaired) electrons. The number of carbonyl (C=O) groups is 1. The maximum absolute atomic E-state index is 12.1. The van der Waals surface area contributed by atoms with Crippen LogP contribution in [0.15, 0.2) is 48.5 Å². The lowest BCUT2D eigenvalue weighted by Crippen LogP contribution is -2.28. The number of amides is 1. The summed E-state index contributed by atoms with van der Waals surface area (Å²) in [7, 11) is 0. The number of halogens is 3. The van der Waals surface area contributed by atoms with Crippen LogP contribution in [0, 0.1) is 10.1 Å². The van der Waals surface area contributed by atoms with E-state index in [0.29, 0.717) is 11.1 Å². The summed E-state index contributed by atoms with van der Waals surface area (Å²) >= 11 is 0. The number of nitro groups is 1. The lowest BCUT2D eigenvalue weighted by Gasteiger charge is -2.15. The van der Waals surface area contributed by atoms with E-state index in [-0.39, 0.29) is 23.8 Å². The maximum Gasteiger partial charge on any atom is 0.573 e. The van der Waals surface area contributed by atoms with Gasteiger partial charge in [0.15, 0.2) is 0 Å². The van der Waals surface area contributed by atoms with Gasteiger partial charge in [0.2, 0.25) is 5.91 Å². The molecule has 138 valence electrons. The molecule has 0 aliphatic rings. The Labute approximate surface area is 146 Å². The molecule has 0 heterocycles. The van der Waals surface area contributed by atoms with Crippen molar-refractivity contribution in [1.29, 1.82) is 0 Å². The highest BCUT2D eigenvalue weighted by Gasteiger charge is 2.31. The second-order valence-electron chi connectivity index (χ2n) is 5.51. The minimum absolute atomic E-state index is 0.0254. The number of hydrogen-bond acceptors (Lipinski definition) is 4. The summed E-state index contributed by atoms with van der Waals surface area (Å²) in [6.07, 6.45) is -4.73. The molecule has 2 aromatic carbocycles. The van der Waals surface area contributed by atoms with Gasteiger partial charge in [-0.3, -0.25) is 14.9 Å². The zero-order valence-corrected chi connectivity index (χ0v) is 13.6. The van der Waals surface area contributed by atoms with Crippen molar-refractivity contribution in [2.24, 2.45) is 0 Å².